The number of anilines is 1. The topological polar surface area (TPSA) is 85.8 Å². The number of nitrogens with zero attached hydrogens (tertiary/aromatic N) is 3. The lowest BCUT2D eigenvalue weighted by Gasteiger charge is -2.33. The van der Waals surface area contributed by atoms with Crippen molar-refractivity contribution in [2.24, 2.45) is 5.92 Å². The highest BCUT2D eigenvalue weighted by Crippen LogP contribution is 2.28. The number of para-hydroxylation sites is 1. The van der Waals surface area contributed by atoms with Gasteiger partial charge in [-0.2, -0.15) is 0 Å². The van der Waals surface area contributed by atoms with E-state index >= 15 is 0 Å². The van der Waals surface area contributed by atoms with Gasteiger partial charge in [0.1, 0.15) is 12.4 Å². The Balaban J connectivity index is 1.55. The molecular weight excluding hydrogens is 380 g/mol. The first kappa shape index (κ1) is 20.2. The standard InChI is InChI=1S/C20H25ClN4O3/c1-22-18(26)13-25(20(27)28)12-9-14-7-10-24(11-8-14)17-6-5-15-3-2-4-16(21)19(15)23-17/h2-6,14H,7-13H2,1H3,(H,22,26)(H,27,28). The van der Waals surface area contributed by atoms with E-state index in [9.17, 15) is 14.7 Å². The van der Waals surface area contributed by atoms with Crippen molar-refractivity contribution in [2.75, 3.05) is 38.1 Å². The second kappa shape index (κ2) is 9.10. The van der Waals surface area contributed by atoms with Crippen LogP contribution in [0.1, 0.15) is 19.3 Å². The van der Waals surface area contributed by atoms with E-state index in [0.717, 1.165) is 49.1 Å². The zero-order valence-electron chi connectivity index (χ0n) is 15.9. The van der Waals surface area contributed by atoms with Crippen molar-refractivity contribution < 1.29 is 14.7 Å². The van der Waals surface area contributed by atoms with E-state index in [0.29, 0.717) is 17.5 Å². The molecule has 2 aromatic rings. The number of pyridine rings is 1. The molecule has 1 aromatic carbocycles. The van der Waals surface area contributed by atoms with E-state index in [1.165, 1.54) is 11.9 Å². The smallest absolute Gasteiger partial charge is 0.407 e. The van der Waals surface area contributed by atoms with Gasteiger partial charge < -0.3 is 15.3 Å². The number of piperidine rings is 1. The molecule has 28 heavy (non-hydrogen) atoms. The van der Waals surface area contributed by atoms with E-state index in [-0.39, 0.29) is 12.5 Å². The Hall–Kier alpha value is -2.54. The molecule has 7 nitrogen and oxygen atoms in total. The molecule has 1 saturated heterocycles. The molecule has 1 fully saturated rings. The third kappa shape index (κ3) is 4.84. The number of carboxylic acid groups (broad SMARTS) is 1. The minimum Gasteiger partial charge on any atom is -0.465 e. The normalized spacial score (nSPS) is 14.9. The van der Waals surface area contributed by atoms with Crippen LogP contribution in [0.2, 0.25) is 5.02 Å². The van der Waals surface area contributed by atoms with Crippen molar-refractivity contribution in [3.63, 3.8) is 0 Å². The number of rotatable bonds is 6. The van der Waals surface area contributed by atoms with Crippen LogP contribution in [0.5, 0.6) is 0 Å². The van der Waals surface area contributed by atoms with Crippen molar-refractivity contribution in [1.29, 1.82) is 0 Å². The molecule has 2 amide bonds. The molecule has 1 aromatic heterocycles. The fourth-order valence-electron chi connectivity index (χ4n) is 3.56. The molecule has 2 N–H and O–H groups in total. The summed E-state index contributed by atoms with van der Waals surface area (Å²) in [5.74, 6) is 1.07. The molecule has 0 unspecified atom stereocenters. The lowest BCUT2D eigenvalue weighted by atomic mass is 9.93. The maximum Gasteiger partial charge on any atom is 0.407 e. The second-order valence-electron chi connectivity index (χ2n) is 7.08. The summed E-state index contributed by atoms with van der Waals surface area (Å²) in [6.07, 6.45) is 1.64. The Labute approximate surface area is 169 Å². The summed E-state index contributed by atoms with van der Waals surface area (Å²) in [6, 6.07) is 9.83. The Bertz CT molecular complexity index is 852. The number of likely N-dealkylation sites (N-methyl/N-ethyl adjacent to an activating group) is 1. The van der Waals surface area contributed by atoms with Crippen molar-refractivity contribution in [3.8, 4) is 0 Å². The van der Waals surface area contributed by atoms with Crippen molar-refractivity contribution >= 4 is 40.3 Å². The fourth-order valence-corrected chi connectivity index (χ4v) is 3.78. The highest BCUT2D eigenvalue weighted by molar-refractivity contribution is 6.35. The predicted octanol–water partition coefficient (Wildman–Crippen LogP) is 3.22. The van der Waals surface area contributed by atoms with Gasteiger partial charge in [0.25, 0.3) is 0 Å². The van der Waals surface area contributed by atoms with E-state index in [1.807, 2.05) is 30.3 Å². The minimum absolute atomic E-state index is 0.119. The van der Waals surface area contributed by atoms with E-state index < -0.39 is 6.09 Å². The van der Waals surface area contributed by atoms with E-state index in [1.54, 1.807) is 0 Å². The molecule has 1 aliphatic rings. The summed E-state index contributed by atoms with van der Waals surface area (Å²) in [7, 11) is 1.51. The average molecular weight is 405 g/mol. The van der Waals surface area contributed by atoms with Crippen LogP contribution in [0.25, 0.3) is 10.9 Å². The van der Waals surface area contributed by atoms with Gasteiger partial charge in [0.05, 0.1) is 10.5 Å². The number of halogens is 1. The molecule has 2 heterocycles. The van der Waals surface area contributed by atoms with Crippen molar-refractivity contribution in [3.05, 3.63) is 35.4 Å². The van der Waals surface area contributed by atoms with Crippen molar-refractivity contribution in [2.45, 2.75) is 19.3 Å². The molecule has 0 atom stereocenters. The zero-order valence-corrected chi connectivity index (χ0v) is 16.7. The van der Waals surface area contributed by atoms with Crippen LogP contribution < -0.4 is 10.2 Å². The first-order valence-corrected chi connectivity index (χ1v) is 9.84. The molecule has 3 rings (SSSR count). The van der Waals surface area contributed by atoms with Gasteiger partial charge in [-0.15, -0.1) is 0 Å². The van der Waals surface area contributed by atoms with Gasteiger partial charge in [0.15, 0.2) is 0 Å². The number of carbonyl (C=O) groups is 2. The van der Waals surface area contributed by atoms with Gasteiger partial charge >= 0.3 is 6.09 Å². The van der Waals surface area contributed by atoms with Gasteiger partial charge in [-0.25, -0.2) is 9.78 Å². The molecule has 1 aliphatic heterocycles. The molecule has 150 valence electrons. The summed E-state index contributed by atoms with van der Waals surface area (Å²) in [6.45, 7) is 2.00. The maximum absolute atomic E-state index is 11.5. The number of benzene rings is 1. The summed E-state index contributed by atoms with van der Waals surface area (Å²) < 4.78 is 0. The van der Waals surface area contributed by atoms with Crippen LogP contribution in [0.3, 0.4) is 0 Å². The molecular formula is C20H25ClN4O3. The van der Waals surface area contributed by atoms with Crippen LogP contribution in [0.4, 0.5) is 10.6 Å². The van der Waals surface area contributed by atoms with Gasteiger partial charge in [-0.1, -0.05) is 23.7 Å². The Morgan fingerprint density at radius 2 is 2.04 bits per heavy atom. The first-order valence-electron chi connectivity index (χ1n) is 9.46. The van der Waals surface area contributed by atoms with Crippen LogP contribution in [-0.4, -0.2) is 60.2 Å². The minimum atomic E-state index is -1.06. The number of carbonyl (C=O) groups excluding carboxylic acids is 1. The number of nitrogens with one attached hydrogen (secondary N) is 1. The number of amides is 2. The van der Waals surface area contributed by atoms with Crippen LogP contribution in [-0.2, 0) is 4.79 Å². The largest absolute Gasteiger partial charge is 0.465 e. The highest BCUT2D eigenvalue weighted by atomic mass is 35.5. The lowest BCUT2D eigenvalue weighted by molar-refractivity contribution is -0.121. The van der Waals surface area contributed by atoms with E-state index in [4.69, 9.17) is 16.6 Å². The molecule has 0 spiro atoms. The monoisotopic (exact) mass is 404 g/mol. The average Bonchev–Trinajstić information content (AvgIpc) is 2.71. The molecule has 0 radical (unpaired) electrons. The van der Waals surface area contributed by atoms with Gasteiger partial charge in [-0.05, 0) is 43.4 Å². The Morgan fingerprint density at radius 1 is 1.29 bits per heavy atom. The number of hydrogen-bond acceptors (Lipinski definition) is 4. The van der Waals surface area contributed by atoms with Crippen LogP contribution in [0, 0.1) is 5.92 Å². The van der Waals surface area contributed by atoms with Crippen molar-refractivity contribution in [1.82, 2.24) is 15.2 Å². The first-order chi connectivity index (χ1) is 13.5. The molecule has 0 bridgehead atoms. The summed E-state index contributed by atoms with van der Waals surface area (Å²) in [5.41, 5.74) is 0.815. The van der Waals surface area contributed by atoms with Crippen LogP contribution >= 0.6 is 11.6 Å². The van der Waals surface area contributed by atoms with Gasteiger partial charge in [0, 0.05) is 32.1 Å². The Morgan fingerprint density at radius 3 is 2.71 bits per heavy atom. The second-order valence-corrected chi connectivity index (χ2v) is 7.48. The zero-order chi connectivity index (χ0) is 20.1. The number of fused-ring (bicyclic) bond motifs is 1. The Kier molecular flexibility index (Phi) is 6.57. The summed E-state index contributed by atoms with van der Waals surface area (Å²) in [4.78, 5) is 30.9. The summed E-state index contributed by atoms with van der Waals surface area (Å²) in [5, 5.41) is 13.4. The summed E-state index contributed by atoms with van der Waals surface area (Å²) >= 11 is 6.27. The van der Waals surface area contributed by atoms with Gasteiger partial charge in [-0.3, -0.25) is 9.69 Å². The quantitative estimate of drug-likeness (QED) is 0.772. The number of aromatic nitrogens is 1. The maximum atomic E-state index is 11.5. The lowest BCUT2D eigenvalue weighted by Crippen LogP contribution is -2.41. The third-order valence-electron chi connectivity index (χ3n) is 5.29. The predicted molar refractivity (Wildman–Crippen MR) is 110 cm³/mol. The SMILES string of the molecule is CNC(=O)CN(CCC1CCN(c2ccc3cccc(Cl)c3n2)CC1)C(=O)O. The highest BCUT2D eigenvalue weighted by Gasteiger charge is 2.23. The number of hydrogen-bond donors (Lipinski definition) is 2. The van der Waals surface area contributed by atoms with Gasteiger partial charge in [0.2, 0.25) is 5.91 Å². The molecule has 8 heteroatoms. The third-order valence-corrected chi connectivity index (χ3v) is 5.59. The molecule has 0 aliphatic carbocycles. The van der Waals surface area contributed by atoms with E-state index in [2.05, 4.69) is 10.2 Å². The fraction of sp³-hybridized carbons (Fsp3) is 0.450. The molecule has 0 saturated carbocycles. The van der Waals surface area contributed by atoms with Crippen LogP contribution in [0.15, 0.2) is 30.3 Å².